The van der Waals surface area contributed by atoms with Crippen molar-refractivity contribution >= 4 is 28.0 Å². The van der Waals surface area contributed by atoms with Gasteiger partial charge in [0.2, 0.25) is 0 Å². The van der Waals surface area contributed by atoms with E-state index in [2.05, 4.69) is 21.3 Å². The molecule has 9 nitrogen and oxygen atoms in total. The summed E-state index contributed by atoms with van der Waals surface area (Å²) in [7, 11) is -0.768. The molecule has 1 aromatic carbocycles. The summed E-state index contributed by atoms with van der Waals surface area (Å²) in [5.74, 6) is 2.56. The summed E-state index contributed by atoms with van der Waals surface area (Å²) in [6, 6.07) is 10.0. The minimum atomic E-state index is -2.40. The van der Waals surface area contributed by atoms with Gasteiger partial charge in [-0.2, -0.15) is 0 Å². The molecule has 3 aromatic heterocycles. The van der Waals surface area contributed by atoms with Crippen molar-refractivity contribution in [3.63, 3.8) is 0 Å². The van der Waals surface area contributed by atoms with Crippen molar-refractivity contribution in [3.8, 4) is 17.3 Å². The number of nitrogens with two attached hydrogens (primary N) is 1. The molecule has 0 unspecified atom stereocenters. The van der Waals surface area contributed by atoms with E-state index >= 15 is 0 Å². The molecule has 0 spiro atoms. The lowest BCUT2D eigenvalue weighted by Crippen LogP contribution is -2.41. The fourth-order valence-electron chi connectivity index (χ4n) is 7.52. The van der Waals surface area contributed by atoms with Crippen LogP contribution in [0.4, 0.5) is 0 Å². The fourth-order valence-corrected chi connectivity index (χ4v) is 7.52. The SMILES string of the molecule is [2H]C([2H])([2H])O[C@H]1C[C@@H](Cn2c(-c3cc4cccnc4n3CC3CC3)nc3cc(C(=O)N4C[C@H]5CC[C@@H]4[C@@H]5N)cc(OC)c32)C1. The average Bonchev–Trinajstić information content (AvgIpc) is 3.34. The van der Waals surface area contributed by atoms with E-state index in [9.17, 15) is 4.79 Å². The molecule has 41 heavy (non-hydrogen) atoms. The van der Waals surface area contributed by atoms with Crippen molar-refractivity contribution in [3.05, 3.63) is 42.1 Å². The normalized spacial score (nSPS) is 28.6. The second-order valence-electron chi connectivity index (χ2n) is 12.6. The van der Waals surface area contributed by atoms with Crippen LogP contribution in [-0.2, 0) is 17.8 Å². The van der Waals surface area contributed by atoms with E-state index in [0.29, 0.717) is 54.6 Å². The molecule has 2 bridgehead atoms. The van der Waals surface area contributed by atoms with Crippen molar-refractivity contribution in [1.82, 2.24) is 24.0 Å². The number of likely N-dealkylation sites (tertiary alicyclic amines) is 1. The summed E-state index contributed by atoms with van der Waals surface area (Å²) >= 11 is 0. The first-order chi connectivity index (χ1) is 21.2. The largest absolute Gasteiger partial charge is 0.494 e. The first-order valence-corrected chi connectivity index (χ1v) is 14.9. The molecule has 4 heterocycles. The number of ether oxygens (including phenoxy) is 2. The van der Waals surface area contributed by atoms with E-state index in [1.165, 1.54) is 12.8 Å². The van der Waals surface area contributed by atoms with Gasteiger partial charge in [0.05, 0.1) is 28.5 Å². The molecule has 3 atom stereocenters. The Kier molecular flexibility index (Phi) is 5.18. The van der Waals surface area contributed by atoms with Crippen LogP contribution >= 0.6 is 0 Å². The number of rotatable bonds is 8. The monoisotopic (exact) mass is 557 g/mol. The van der Waals surface area contributed by atoms with Gasteiger partial charge in [0, 0.05) is 55.9 Å². The highest BCUT2D eigenvalue weighted by molar-refractivity contribution is 6.00. The number of methoxy groups -OCH3 is 2. The number of benzene rings is 1. The van der Waals surface area contributed by atoms with Gasteiger partial charge < -0.3 is 29.2 Å². The molecular formula is C32H38N6O3. The van der Waals surface area contributed by atoms with Gasteiger partial charge in [-0.1, -0.05) is 0 Å². The average molecular weight is 558 g/mol. The topological polar surface area (TPSA) is 100 Å². The molecule has 1 saturated heterocycles. The molecular weight excluding hydrogens is 516 g/mol. The lowest BCUT2D eigenvalue weighted by atomic mass is 9.82. The second kappa shape index (κ2) is 9.56. The van der Waals surface area contributed by atoms with Gasteiger partial charge in [-0.25, -0.2) is 9.97 Å². The number of pyridine rings is 1. The number of piperidine rings is 1. The fraction of sp³-hybridized carbons (Fsp3) is 0.531. The van der Waals surface area contributed by atoms with Crippen LogP contribution in [0.5, 0.6) is 5.75 Å². The van der Waals surface area contributed by atoms with Crippen molar-refractivity contribution in [2.75, 3.05) is 20.7 Å². The lowest BCUT2D eigenvalue weighted by Gasteiger charge is -2.34. The molecule has 1 amide bonds. The molecule has 4 fully saturated rings. The zero-order valence-electron chi connectivity index (χ0n) is 26.3. The third kappa shape index (κ3) is 4.07. The zero-order chi connectivity index (χ0) is 30.3. The van der Waals surface area contributed by atoms with Gasteiger partial charge in [-0.05, 0) is 86.6 Å². The quantitative estimate of drug-likeness (QED) is 0.343. The zero-order valence-corrected chi connectivity index (χ0v) is 23.3. The summed E-state index contributed by atoms with van der Waals surface area (Å²) in [5.41, 5.74) is 10.4. The van der Waals surface area contributed by atoms with Gasteiger partial charge in [0.15, 0.2) is 5.82 Å². The highest BCUT2D eigenvalue weighted by Crippen LogP contribution is 2.41. The van der Waals surface area contributed by atoms with E-state index in [4.69, 9.17) is 29.3 Å². The molecule has 3 saturated carbocycles. The van der Waals surface area contributed by atoms with Crippen LogP contribution in [0.3, 0.4) is 0 Å². The Morgan fingerprint density at radius 3 is 2.71 bits per heavy atom. The van der Waals surface area contributed by atoms with E-state index < -0.39 is 7.04 Å². The number of carbonyl (C=O) groups is 1. The van der Waals surface area contributed by atoms with Crippen LogP contribution in [-0.4, -0.2) is 68.8 Å². The van der Waals surface area contributed by atoms with Crippen molar-refractivity contribution in [2.24, 2.45) is 23.5 Å². The second-order valence-corrected chi connectivity index (χ2v) is 12.6. The Morgan fingerprint density at radius 1 is 1.12 bits per heavy atom. The van der Waals surface area contributed by atoms with Crippen LogP contribution in [0.15, 0.2) is 36.5 Å². The maximum atomic E-state index is 13.8. The minimum absolute atomic E-state index is 0.0281. The first kappa shape index (κ1) is 22.2. The molecule has 214 valence electrons. The van der Waals surface area contributed by atoms with Gasteiger partial charge in [0.25, 0.3) is 5.91 Å². The van der Waals surface area contributed by atoms with E-state index in [0.717, 1.165) is 47.5 Å². The van der Waals surface area contributed by atoms with Crippen LogP contribution < -0.4 is 10.5 Å². The van der Waals surface area contributed by atoms with E-state index in [1.807, 2.05) is 29.3 Å². The molecule has 2 N–H and O–H groups in total. The van der Waals surface area contributed by atoms with Gasteiger partial charge in [-0.15, -0.1) is 0 Å². The minimum Gasteiger partial charge on any atom is -0.494 e. The Balaban J connectivity index is 1.23. The molecule has 0 radical (unpaired) electrons. The van der Waals surface area contributed by atoms with Crippen molar-refractivity contribution in [1.29, 1.82) is 0 Å². The summed E-state index contributed by atoms with van der Waals surface area (Å²) in [5, 5.41) is 1.06. The third-order valence-corrected chi connectivity index (χ3v) is 10.0. The van der Waals surface area contributed by atoms with Gasteiger partial charge >= 0.3 is 0 Å². The number of hydrogen-bond donors (Lipinski definition) is 1. The van der Waals surface area contributed by atoms with Gasteiger partial charge in [-0.3, -0.25) is 4.79 Å². The van der Waals surface area contributed by atoms with Crippen molar-refractivity contribution in [2.45, 2.75) is 69.8 Å². The first-order valence-electron chi connectivity index (χ1n) is 16.4. The Labute approximate surface area is 243 Å². The molecule has 4 aliphatic rings. The summed E-state index contributed by atoms with van der Waals surface area (Å²) in [6.07, 6.45) is 7.28. The number of aromatic nitrogens is 4. The molecule has 3 aliphatic carbocycles. The Morgan fingerprint density at radius 2 is 1.98 bits per heavy atom. The Hall–Kier alpha value is -3.43. The number of nitrogens with zero attached hydrogens (tertiary/aromatic N) is 5. The van der Waals surface area contributed by atoms with Gasteiger partial charge in [0.1, 0.15) is 16.9 Å². The highest BCUT2D eigenvalue weighted by Gasteiger charge is 2.47. The van der Waals surface area contributed by atoms with Crippen LogP contribution in [0.25, 0.3) is 33.6 Å². The number of fused-ring (bicyclic) bond motifs is 4. The molecule has 4 aromatic rings. The maximum absolute atomic E-state index is 13.8. The number of imidazole rings is 1. The maximum Gasteiger partial charge on any atom is 0.254 e. The van der Waals surface area contributed by atoms with Crippen molar-refractivity contribution < 1.29 is 18.4 Å². The third-order valence-electron chi connectivity index (χ3n) is 10.0. The molecule has 1 aliphatic heterocycles. The number of carbonyl (C=O) groups excluding carboxylic acids is 1. The molecule has 8 rings (SSSR count). The standard InChI is InChI=1S/C32H38N6O3/c1-40-23-10-19(11-23)16-38-29-24(12-22(14-27(29)41-2)32(39)37-17-21-7-8-25(37)28(21)33)35-31(38)26-13-20-4-3-9-34-30(20)36(26)15-18-5-6-18/h3-4,9,12-14,18-19,21,23,25,28H,5-8,10-11,15-17,33H2,1-2H3/t19-,21-,23+,25-,28-/m1/s1/i1D3. The lowest BCUT2D eigenvalue weighted by molar-refractivity contribution is -0.00392. The number of hydrogen-bond acceptors (Lipinski definition) is 6. The smallest absolute Gasteiger partial charge is 0.254 e. The van der Waals surface area contributed by atoms with E-state index in [-0.39, 0.29) is 30.0 Å². The predicted octanol–water partition coefficient (Wildman–Crippen LogP) is 4.46. The summed E-state index contributed by atoms with van der Waals surface area (Å²) < 4.78 is 38.2. The Bertz CT molecular complexity index is 1760. The molecule has 9 heteroatoms. The summed E-state index contributed by atoms with van der Waals surface area (Å²) in [6.45, 7) is 2.19. The summed E-state index contributed by atoms with van der Waals surface area (Å²) in [4.78, 5) is 25.7. The van der Waals surface area contributed by atoms with E-state index in [1.54, 1.807) is 7.11 Å². The highest BCUT2D eigenvalue weighted by atomic mass is 16.5. The number of amides is 1. The van der Waals surface area contributed by atoms with Crippen LogP contribution in [0.2, 0.25) is 0 Å². The van der Waals surface area contributed by atoms with Crippen LogP contribution in [0, 0.1) is 17.8 Å². The predicted molar refractivity (Wildman–Crippen MR) is 157 cm³/mol. The van der Waals surface area contributed by atoms with Crippen LogP contribution in [0.1, 0.15) is 53.0 Å².